The fourth-order valence-electron chi connectivity index (χ4n) is 2.89. The summed E-state index contributed by atoms with van der Waals surface area (Å²) in [6, 6.07) is 9.15. The summed E-state index contributed by atoms with van der Waals surface area (Å²) in [6.45, 7) is 1.50. The topological polar surface area (TPSA) is 66.0 Å². The lowest BCUT2D eigenvalue weighted by molar-refractivity contribution is -0.120. The maximum absolute atomic E-state index is 12.3. The molecule has 1 aliphatic heterocycles. The molecular weight excluding hydrogens is 370 g/mol. The summed E-state index contributed by atoms with van der Waals surface area (Å²) in [4.78, 5) is 12.3. The van der Waals surface area contributed by atoms with Gasteiger partial charge < -0.3 is 24.3 Å². The first-order valence-electron chi connectivity index (χ1n) is 8.66. The molecule has 0 spiro atoms. The Labute approximate surface area is 163 Å². The van der Waals surface area contributed by atoms with Gasteiger partial charge in [-0.25, -0.2) is 0 Å². The van der Waals surface area contributed by atoms with E-state index >= 15 is 0 Å². The van der Waals surface area contributed by atoms with Crippen molar-refractivity contribution in [3.05, 3.63) is 46.5 Å². The Hall–Kier alpha value is -2.60. The lowest BCUT2D eigenvalue weighted by Gasteiger charge is -2.20. The molecule has 0 unspecified atom stereocenters. The molecule has 0 aliphatic carbocycles. The van der Waals surface area contributed by atoms with Crippen LogP contribution in [0.1, 0.15) is 11.1 Å². The monoisotopic (exact) mass is 391 g/mol. The van der Waals surface area contributed by atoms with Gasteiger partial charge in [-0.15, -0.1) is 0 Å². The third-order valence-electron chi connectivity index (χ3n) is 4.24. The molecule has 27 heavy (non-hydrogen) atoms. The Bertz CT molecular complexity index is 824. The van der Waals surface area contributed by atoms with Gasteiger partial charge in [0.15, 0.2) is 11.5 Å². The highest BCUT2D eigenvalue weighted by molar-refractivity contribution is 6.32. The number of carbonyl (C=O) groups is 1. The van der Waals surface area contributed by atoms with E-state index in [1.54, 1.807) is 20.3 Å². The second kappa shape index (κ2) is 8.86. The highest BCUT2D eigenvalue weighted by Gasteiger charge is 2.16. The maximum Gasteiger partial charge on any atom is 0.224 e. The molecule has 1 amide bonds. The van der Waals surface area contributed by atoms with E-state index in [1.807, 2.05) is 24.3 Å². The van der Waals surface area contributed by atoms with Crippen LogP contribution >= 0.6 is 11.6 Å². The molecule has 1 N–H and O–H groups in total. The number of fused-ring (bicyclic) bond motifs is 1. The molecule has 3 rings (SSSR count). The summed E-state index contributed by atoms with van der Waals surface area (Å²) < 4.78 is 21.6. The number of halogens is 1. The molecule has 0 bridgehead atoms. The van der Waals surface area contributed by atoms with Crippen LogP contribution in [0.2, 0.25) is 5.02 Å². The largest absolute Gasteiger partial charge is 0.497 e. The van der Waals surface area contributed by atoms with Gasteiger partial charge >= 0.3 is 0 Å². The second-order valence-electron chi connectivity index (χ2n) is 6.06. The van der Waals surface area contributed by atoms with E-state index in [4.69, 9.17) is 30.5 Å². The minimum Gasteiger partial charge on any atom is -0.497 e. The zero-order valence-corrected chi connectivity index (χ0v) is 16.1. The molecule has 0 atom stereocenters. The van der Waals surface area contributed by atoms with E-state index in [2.05, 4.69) is 5.32 Å². The number of methoxy groups -OCH3 is 2. The number of carbonyl (C=O) groups excluding carboxylic acids is 1. The third kappa shape index (κ3) is 4.77. The number of amides is 1. The zero-order valence-electron chi connectivity index (χ0n) is 15.3. The van der Waals surface area contributed by atoms with Gasteiger partial charge in [0, 0.05) is 18.2 Å². The van der Waals surface area contributed by atoms with Crippen LogP contribution in [0.25, 0.3) is 0 Å². The van der Waals surface area contributed by atoms with Gasteiger partial charge in [-0.2, -0.15) is 0 Å². The Morgan fingerprint density at radius 2 is 1.96 bits per heavy atom. The molecule has 0 aromatic heterocycles. The van der Waals surface area contributed by atoms with E-state index in [9.17, 15) is 4.79 Å². The van der Waals surface area contributed by atoms with Crippen LogP contribution < -0.4 is 24.3 Å². The van der Waals surface area contributed by atoms with E-state index in [0.29, 0.717) is 54.2 Å². The molecule has 2 aromatic rings. The van der Waals surface area contributed by atoms with Crippen LogP contribution in [0.5, 0.6) is 23.0 Å². The molecule has 2 aromatic carbocycles. The first-order valence-corrected chi connectivity index (χ1v) is 9.04. The lowest BCUT2D eigenvalue weighted by atomic mass is 10.1. The first kappa shape index (κ1) is 19.2. The van der Waals surface area contributed by atoms with E-state index in [-0.39, 0.29) is 12.3 Å². The summed E-state index contributed by atoms with van der Waals surface area (Å²) in [5.74, 6) is 2.47. The van der Waals surface area contributed by atoms with Gasteiger partial charge in [-0.3, -0.25) is 4.79 Å². The number of nitrogens with one attached hydrogen (secondary N) is 1. The van der Waals surface area contributed by atoms with Crippen molar-refractivity contribution in [3.63, 3.8) is 0 Å². The van der Waals surface area contributed by atoms with Gasteiger partial charge in [0.2, 0.25) is 5.91 Å². The van der Waals surface area contributed by atoms with Crippen molar-refractivity contribution >= 4 is 17.5 Å². The molecule has 7 heteroatoms. The first-order chi connectivity index (χ1) is 13.1. The highest BCUT2D eigenvalue weighted by atomic mass is 35.5. The fourth-order valence-corrected chi connectivity index (χ4v) is 3.18. The third-order valence-corrected chi connectivity index (χ3v) is 4.52. The van der Waals surface area contributed by atoms with Crippen LogP contribution in [-0.2, 0) is 17.6 Å². The maximum atomic E-state index is 12.3. The van der Waals surface area contributed by atoms with Gasteiger partial charge in [-0.05, 0) is 30.2 Å². The van der Waals surface area contributed by atoms with Gasteiger partial charge in [-0.1, -0.05) is 17.7 Å². The standard InChI is InChI=1S/C20H22ClNO5/c1-24-15-4-3-14(17(12-15)25-2)11-19(23)22-6-5-13-9-16(21)20-18(10-13)26-7-8-27-20/h3-4,9-10,12H,5-8,11H2,1-2H3,(H,22,23). The summed E-state index contributed by atoms with van der Waals surface area (Å²) in [5.41, 5.74) is 1.78. The second-order valence-corrected chi connectivity index (χ2v) is 6.46. The number of benzene rings is 2. The Kier molecular flexibility index (Phi) is 6.29. The van der Waals surface area contributed by atoms with E-state index in [0.717, 1.165) is 11.1 Å². The molecule has 144 valence electrons. The molecule has 0 fully saturated rings. The van der Waals surface area contributed by atoms with E-state index in [1.165, 1.54) is 0 Å². The van der Waals surface area contributed by atoms with Crippen LogP contribution in [0.3, 0.4) is 0 Å². The lowest BCUT2D eigenvalue weighted by Crippen LogP contribution is -2.27. The van der Waals surface area contributed by atoms with E-state index < -0.39 is 0 Å². The summed E-state index contributed by atoms with van der Waals surface area (Å²) >= 11 is 6.24. The quantitative estimate of drug-likeness (QED) is 0.785. The van der Waals surface area contributed by atoms with Gasteiger partial charge in [0.25, 0.3) is 0 Å². The summed E-state index contributed by atoms with van der Waals surface area (Å²) in [7, 11) is 3.16. The highest BCUT2D eigenvalue weighted by Crippen LogP contribution is 2.38. The number of hydrogen-bond donors (Lipinski definition) is 1. The number of ether oxygens (including phenoxy) is 4. The number of rotatable bonds is 7. The van der Waals surface area contributed by atoms with Crippen molar-refractivity contribution in [1.29, 1.82) is 0 Å². The predicted octanol–water partition coefficient (Wildman–Crippen LogP) is 3.03. The molecule has 1 aliphatic rings. The Balaban J connectivity index is 1.55. The molecule has 6 nitrogen and oxygen atoms in total. The van der Waals surface area contributed by atoms with Crippen LogP contribution in [0, 0.1) is 0 Å². The average molecular weight is 392 g/mol. The number of hydrogen-bond acceptors (Lipinski definition) is 5. The minimum atomic E-state index is -0.0814. The smallest absolute Gasteiger partial charge is 0.224 e. The SMILES string of the molecule is COc1ccc(CC(=O)NCCc2cc(Cl)c3c(c2)OCCO3)c(OC)c1. The minimum absolute atomic E-state index is 0.0814. The van der Waals surface area contributed by atoms with Crippen LogP contribution in [-0.4, -0.2) is 39.9 Å². The Morgan fingerprint density at radius 1 is 1.15 bits per heavy atom. The normalized spacial score (nSPS) is 12.4. The van der Waals surface area contributed by atoms with Gasteiger partial charge in [0.05, 0.1) is 25.7 Å². The van der Waals surface area contributed by atoms with Crippen LogP contribution in [0.15, 0.2) is 30.3 Å². The van der Waals surface area contributed by atoms with Crippen molar-refractivity contribution in [2.24, 2.45) is 0 Å². The van der Waals surface area contributed by atoms with Crippen molar-refractivity contribution in [3.8, 4) is 23.0 Å². The summed E-state index contributed by atoms with van der Waals surface area (Å²) in [6.07, 6.45) is 0.872. The van der Waals surface area contributed by atoms with Crippen molar-refractivity contribution in [2.75, 3.05) is 34.0 Å². The zero-order chi connectivity index (χ0) is 19.2. The molecule has 1 heterocycles. The predicted molar refractivity (Wildman–Crippen MR) is 102 cm³/mol. The van der Waals surface area contributed by atoms with Crippen molar-refractivity contribution in [2.45, 2.75) is 12.8 Å². The molecule has 0 saturated carbocycles. The Morgan fingerprint density at radius 3 is 2.74 bits per heavy atom. The fraction of sp³-hybridized carbons (Fsp3) is 0.350. The van der Waals surface area contributed by atoms with Gasteiger partial charge in [0.1, 0.15) is 24.7 Å². The van der Waals surface area contributed by atoms with Crippen molar-refractivity contribution < 1.29 is 23.7 Å². The summed E-state index contributed by atoms with van der Waals surface area (Å²) in [5, 5.41) is 3.44. The van der Waals surface area contributed by atoms with Crippen molar-refractivity contribution in [1.82, 2.24) is 5.32 Å². The van der Waals surface area contributed by atoms with Crippen LogP contribution in [0.4, 0.5) is 0 Å². The average Bonchev–Trinajstić information content (AvgIpc) is 2.68. The molecule has 0 radical (unpaired) electrons. The molecular formula is C20H22ClNO5. The molecule has 0 saturated heterocycles.